The first-order chi connectivity index (χ1) is 17.9. The summed E-state index contributed by atoms with van der Waals surface area (Å²) >= 11 is 0. The highest BCUT2D eigenvalue weighted by Crippen LogP contribution is 2.27. The Balaban J connectivity index is 1.27. The lowest BCUT2D eigenvalue weighted by atomic mass is 10.0. The van der Waals surface area contributed by atoms with E-state index in [0.717, 1.165) is 48.4 Å². The van der Waals surface area contributed by atoms with Gasteiger partial charge in [-0.1, -0.05) is 6.08 Å². The number of aromatic nitrogens is 3. The van der Waals surface area contributed by atoms with Crippen molar-refractivity contribution in [2.45, 2.75) is 25.8 Å². The molecule has 194 valence electrons. The molecule has 37 heavy (non-hydrogen) atoms. The van der Waals surface area contributed by atoms with Crippen molar-refractivity contribution in [1.82, 2.24) is 29.3 Å². The number of ether oxygens (including phenoxy) is 1. The molecule has 0 bridgehead atoms. The fourth-order valence-corrected chi connectivity index (χ4v) is 4.86. The summed E-state index contributed by atoms with van der Waals surface area (Å²) in [4.78, 5) is 35.4. The number of nitrogens with zero attached hydrogens (tertiary/aromatic N) is 6. The van der Waals surface area contributed by atoms with Crippen LogP contribution in [0.2, 0.25) is 0 Å². The van der Waals surface area contributed by atoms with E-state index in [1.165, 1.54) is 0 Å². The molecule has 0 saturated carbocycles. The molecule has 1 saturated heterocycles. The first-order valence-corrected chi connectivity index (χ1v) is 12.7. The van der Waals surface area contributed by atoms with Gasteiger partial charge in [0.1, 0.15) is 0 Å². The van der Waals surface area contributed by atoms with Gasteiger partial charge in [-0.2, -0.15) is 4.98 Å². The van der Waals surface area contributed by atoms with E-state index in [2.05, 4.69) is 29.4 Å². The van der Waals surface area contributed by atoms with Gasteiger partial charge in [-0.05, 0) is 75.8 Å². The monoisotopic (exact) mass is 503 g/mol. The Morgan fingerprint density at radius 2 is 1.95 bits per heavy atom. The molecule has 2 aliphatic heterocycles. The van der Waals surface area contributed by atoms with Crippen LogP contribution in [0.25, 0.3) is 11.2 Å². The average molecular weight is 504 g/mol. The second-order valence-electron chi connectivity index (χ2n) is 9.61. The lowest BCUT2D eigenvalue weighted by molar-refractivity contribution is 0.0783. The summed E-state index contributed by atoms with van der Waals surface area (Å²) in [6, 6.07) is 11.8. The summed E-state index contributed by atoms with van der Waals surface area (Å²) in [6.45, 7) is 4.83. The Kier molecular flexibility index (Phi) is 7.09. The van der Waals surface area contributed by atoms with Crippen molar-refractivity contribution in [2.75, 3.05) is 52.2 Å². The van der Waals surface area contributed by atoms with Gasteiger partial charge in [-0.3, -0.25) is 4.79 Å². The minimum atomic E-state index is -0.282. The number of carbonyl (C=O) groups is 2. The third kappa shape index (κ3) is 5.29. The number of carbonyl (C=O) groups excluding carboxylic acids is 2. The van der Waals surface area contributed by atoms with Gasteiger partial charge in [0, 0.05) is 55.2 Å². The topological polar surface area (TPSA) is 95.3 Å². The Morgan fingerprint density at radius 1 is 1.14 bits per heavy atom. The van der Waals surface area contributed by atoms with Gasteiger partial charge in [0.05, 0.1) is 6.61 Å². The van der Waals surface area contributed by atoms with Crippen LogP contribution in [0, 0.1) is 0 Å². The number of hydrogen-bond acceptors (Lipinski definition) is 7. The molecule has 2 aromatic heterocycles. The van der Waals surface area contributed by atoms with Crippen molar-refractivity contribution < 1.29 is 14.3 Å². The molecule has 3 aromatic rings. The predicted octanol–water partition coefficient (Wildman–Crippen LogP) is 3.49. The second kappa shape index (κ2) is 10.6. The van der Waals surface area contributed by atoms with Crippen molar-refractivity contribution in [3.05, 3.63) is 59.8 Å². The number of hydrogen-bond donors (Lipinski definition) is 1. The maximum absolute atomic E-state index is 12.9. The van der Waals surface area contributed by atoms with Gasteiger partial charge < -0.3 is 24.8 Å². The molecule has 0 radical (unpaired) electrons. The first-order valence-electron chi connectivity index (χ1n) is 12.7. The van der Waals surface area contributed by atoms with Gasteiger partial charge in [0.25, 0.3) is 5.91 Å². The summed E-state index contributed by atoms with van der Waals surface area (Å²) in [5.41, 5.74) is 4.36. The van der Waals surface area contributed by atoms with Crippen LogP contribution in [0.1, 0.15) is 35.7 Å². The molecule has 1 unspecified atom stereocenters. The molecule has 2 amide bonds. The van der Waals surface area contributed by atoms with Crippen LogP contribution in [0.4, 0.5) is 16.4 Å². The summed E-state index contributed by atoms with van der Waals surface area (Å²) in [7, 11) is 4.11. The van der Waals surface area contributed by atoms with Gasteiger partial charge in [0.15, 0.2) is 5.65 Å². The van der Waals surface area contributed by atoms with Gasteiger partial charge in [-0.25, -0.2) is 9.31 Å². The highest BCUT2D eigenvalue weighted by Gasteiger charge is 2.28. The number of rotatable bonds is 6. The Labute approximate surface area is 216 Å². The third-order valence-corrected chi connectivity index (χ3v) is 7.01. The number of anilines is 2. The van der Waals surface area contributed by atoms with Crippen LogP contribution in [0.5, 0.6) is 0 Å². The smallest absolute Gasteiger partial charge is 0.410 e. The van der Waals surface area contributed by atoms with Crippen LogP contribution in [-0.4, -0.2) is 94.2 Å². The van der Waals surface area contributed by atoms with E-state index in [-0.39, 0.29) is 12.0 Å². The average Bonchev–Trinajstić information content (AvgIpc) is 3.56. The third-order valence-electron chi connectivity index (χ3n) is 7.01. The van der Waals surface area contributed by atoms with Crippen LogP contribution in [-0.2, 0) is 4.74 Å². The molecular weight excluding hydrogens is 470 g/mol. The van der Waals surface area contributed by atoms with E-state index >= 15 is 0 Å². The van der Waals surface area contributed by atoms with Crippen LogP contribution in [0.15, 0.2) is 48.7 Å². The van der Waals surface area contributed by atoms with Crippen molar-refractivity contribution in [3.63, 3.8) is 0 Å². The molecule has 2 aliphatic rings. The minimum Gasteiger partial charge on any atom is -0.450 e. The first kappa shape index (κ1) is 24.8. The van der Waals surface area contributed by atoms with E-state index in [1.54, 1.807) is 9.42 Å². The summed E-state index contributed by atoms with van der Waals surface area (Å²) in [5, 5.41) is 7.83. The maximum Gasteiger partial charge on any atom is 0.410 e. The zero-order valence-corrected chi connectivity index (χ0v) is 21.6. The van der Waals surface area contributed by atoms with Crippen LogP contribution in [0.3, 0.4) is 0 Å². The Hall–Kier alpha value is -3.92. The van der Waals surface area contributed by atoms with Crippen molar-refractivity contribution >= 4 is 34.9 Å². The quantitative estimate of drug-likeness (QED) is 0.550. The zero-order valence-electron chi connectivity index (χ0n) is 21.6. The fraction of sp³-hybridized carbons (Fsp3) is 0.407. The number of likely N-dealkylation sites (N-methyl/N-ethyl adjacent to an activating group) is 1. The molecular formula is C27H33N7O3. The molecule has 4 heterocycles. The van der Waals surface area contributed by atoms with Crippen molar-refractivity contribution in [1.29, 1.82) is 0 Å². The number of fused-ring (bicyclic) bond motifs is 1. The Morgan fingerprint density at radius 3 is 2.62 bits per heavy atom. The molecule has 1 fully saturated rings. The Bertz CT molecular complexity index is 1320. The highest BCUT2D eigenvalue weighted by molar-refractivity contribution is 5.94. The second-order valence-corrected chi connectivity index (χ2v) is 9.61. The van der Waals surface area contributed by atoms with Crippen LogP contribution < -0.4 is 5.32 Å². The normalized spacial score (nSPS) is 17.8. The van der Waals surface area contributed by atoms with Gasteiger partial charge >= 0.3 is 6.09 Å². The minimum absolute atomic E-state index is 0.0636. The van der Waals surface area contributed by atoms with Crippen molar-refractivity contribution in [3.8, 4) is 0 Å². The molecule has 10 nitrogen and oxygen atoms in total. The largest absolute Gasteiger partial charge is 0.450 e. The lowest BCUT2D eigenvalue weighted by Gasteiger charge is -2.25. The fourth-order valence-electron chi connectivity index (χ4n) is 4.86. The molecule has 0 spiro atoms. The number of pyridine rings is 1. The van der Waals surface area contributed by atoms with E-state index in [4.69, 9.17) is 9.72 Å². The molecule has 10 heteroatoms. The van der Waals surface area contributed by atoms with E-state index in [0.29, 0.717) is 37.3 Å². The standard InChI is InChI=1S/C27H33N7O3/c1-4-37-27(36)32-15-11-19(12-16-32)23-6-5-14-34-24(23)29-26(30-34)28-21-9-7-20(8-10-21)25(35)33-17-13-22(18-33)31(2)3/h5-11,14,22H,4,12-13,15-18H2,1-3H3,(H,28,30). The number of amides is 2. The number of likely N-dealkylation sites (tertiary alicyclic amines) is 1. The lowest BCUT2D eigenvalue weighted by Crippen LogP contribution is -2.35. The molecule has 1 atom stereocenters. The summed E-state index contributed by atoms with van der Waals surface area (Å²) in [5.74, 6) is 0.540. The molecule has 1 aromatic carbocycles. The molecule has 0 aliphatic carbocycles. The summed E-state index contributed by atoms with van der Waals surface area (Å²) in [6.07, 6.45) is 5.35. The molecule has 1 N–H and O–H groups in total. The molecule has 5 rings (SSSR count). The van der Waals surface area contributed by atoms with Crippen molar-refractivity contribution in [2.24, 2.45) is 0 Å². The van der Waals surface area contributed by atoms with Gasteiger partial charge in [0.2, 0.25) is 5.95 Å². The number of nitrogens with one attached hydrogen (secondary N) is 1. The number of benzene rings is 1. The van der Waals surface area contributed by atoms with E-state index < -0.39 is 0 Å². The van der Waals surface area contributed by atoms with E-state index in [9.17, 15) is 9.59 Å². The predicted molar refractivity (Wildman–Crippen MR) is 142 cm³/mol. The maximum atomic E-state index is 12.9. The van der Waals surface area contributed by atoms with Gasteiger partial charge in [-0.15, -0.1) is 5.10 Å². The van der Waals surface area contributed by atoms with Crippen LogP contribution >= 0.6 is 0 Å². The van der Waals surface area contributed by atoms with E-state index in [1.807, 2.05) is 60.5 Å². The zero-order chi connectivity index (χ0) is 25.9. The SMILES string of the molecule is CCOC(=O)N1CC=C(c2cccn3nc(Nc4ccc(C(=O)N5CCC(N(C)C)C5)cc4)nc23)CC1. The highest BCUT2D eigenvalue weighted by atomic mass is 16.6. The summed E-state index contributed by atoms with van der Waals surface area (Å²) < 4.78 is 6.86.